The standard InChI is InChI=1S/C19H22N4O4S/c1-11-5-6-13(23(26)27)7-14(11)20-17(25)12-9-22-16(24)8-15(19(2,3)4)21-18(22)28-10-12/h5-8,12H,9-10H2,1-4H3,(H,20,25). The van der Waals surface area contributed by atoms with Crippen LogP contribution in [0.15, 0.2) is 34.2 Å². The molecule has 1 aliphatic rings. The predicted molar refractivity (Wildman–Crippen MR) is 108 cm³/mol. The van der Waals surface area contributed by atoms with Crippen molar-refractivity contribution >= 4 is 29.0 Å². The van der Waals surface area contributed by atoms with Crippen molar-refractivity contribution in [2.45, 2.75) is 44.8 Å². The minimum atomic E-state index is -0.500. The summed E-state index contributed by atoms with van der Waals surface area (Å²) in [7, 11) is 0. The van der Waals surface area contributed by atoms with E-state index in [0.717, 1.165) is 11.3 Å². The number of hydrogen-bond acceptors (Lipinski definition) is 6. The molecule has 1 aromatic carbocycles. The maximum Gasteiger partial charge on any atom is 0.271 e. The fourth-order valence-electron chi connectivity index (χ4n) is 2.85. The third kappa shape index (κ3) is 4.09. The molecule has 0 saturated carbocycles. The lowest BCUT2D eigenvalue weighted by Gasteiger charge is -2.26. The van der Waals surface area contributed by atoms with Crippen LogP contribution >= 0.6 is 11.8 Å². The topological polar surface area (TPSA) is 107 Å². The van der Waals surface area contributed by atoms with Crippen LogP contribution in [0.25, 0.3) is 0 Å². The summed E-state index contributed by atoms with van der Waals surface area (Å²) in [5.41, 5.74) is 1.38. The number of benzene rings is 1. The molecular weight excluding hydrogens is 380 g/mol. The largest absolute Gasteiger partial charge is 0.325 e. The van der Waals surface area contributed by atoms with Gasteiger partial charge in [-0.05, 0) is 12.5 Å². The summed E-state index contributed by atoms with van der Waals surface area (Å²) < 4.78 is 1.52. The molecule has 0 saturated heterocycles. The van der Waals surface area contributed by atoms with Gasteiger partial charge in [0.15, 0.2) is 5.16 Å². The number of carbonyl (C=O) groups is 1. The Hall–Kier alpha value is -2.68. The second-order valence-electron chi connectivity index (χ2n) is 7.88. The number of aromatic nitrogens is 2. The van der Waals surface area contributed by atoms with Crippen molar-refractivity contribution in [1.29, 1.82) is 0 Å². The highest BCUT2D eigenvalue weighted by atomic mass is 32.2. The number of amides is 1. The zero-order chi connectivity index (χ0) is 20.6. The number of hydrogen-bond donors (Lipinski definition) is 1. The third-order valence-electron chi connectivity index (χ3n) is 4.62. The molecule has 2 aromatic rings. The lowest BCUT2D eigenvalue weighted by molar-refractivity contribution is -0.384. The Balaban J connectivity index is 1.81. The van der Waals surface area contributed by atoms with Gasteiger partial charge in [0.1, 0.15) is 0 Å². The summed E-state index contributed by atoms with van der Waals surface area (Å²) in [5.74, 6) is -0.218. The maximum atomic E-state index is 12.7. The summed E-state index contributed by atoms with van der Waals surface area (Å²) in [5, 5.41) is 14.4. The number of fused-ring (bicyclic) bond motifs is 1. The summed E-state index contributed by atoms with van der Waals surface area (Å²) in [6, 6.07) is 5.87. The quantitative estimate of drug-likeness (QED) is 0.480. The first kappa shape index (κ1) is 20.1. The predicted octanol–water partition coefficient (Wildman–Crippen LogP) is 3.12. The molecule has 0 spiro atoms. The van der Waals surface area contributed by atoms with Gasteiger partial charge in [0.25, 0.3) is 11.2 Å². The lowest BCUT2D eigenvalue weighted by Crippen LogP contribution is -2.37. The van der Waals surface area contributed by atoms with Gasteiger partial charge in [-0.25, -0.2) is 4.98 Å². The van der Waals surface area contributed by atoms with Crippen LogP contribution < -0.4 is 10.9 Å². The SMILES string of the molecule is Cc1ccc([N+](=O)[O-])cc1NC(=O)C1CSc2nc(C(C)(C)C)cc(=O)n2C1. The molecule has 0 radical (unpaired) electrons. The zero-order valence-corrected chi connectivity index (χ0v) is 17.0. The second-order valence-corrected chi connectivity index (χ2v) is 8.86. The van der Waals surface area contributed by atoms with E-state index in [1.807, 2.05) is 20.8 Å². The minimum absolute atomic E-state index is 0.0839. The molecule has 148 valence electrons. The number of nitro benzene ring substituents is 1. The van der Waals surface area contributed by atoms with Crippen LogP contribution in [0, 0.1) is 23.0 Å². The van der Waals surface area contributed by atoms with Gasteiger partial charge in [0.05, 0.1) is 22.2 Å². The summed E-state index contributed by atoms with van der Waals surface area (Å²) in [4.78, 5) is 40.3. The summed E-state index contributed by atoms with van der Waals surface area (Å²) in [6.07, 6.45) is 0. The molecule has 9 heteroatoms. The molecule has 1 aromatic heterocycles. The Morgan fingerprint density at radius 2 is 2.07 bits per heavy atom. The number of nitrogens with one attached hydrogen (secondary N) is 1. The van der Waals surface area contributed by atoms with Crippen LogP contribution in [0.4, 0.5) is 11.4 Å². The highest BCUT2D eigenvalue weighted by Gasteiger charge is 2.29. The van der Waals surface area contributed by atoms with Gasteiger partial charge in [-0.2, -0.15) is 0 Å². The lowest BCUT2D eigenvalue weighted by atomic mass is 9.92. The molecule has 1 amide bonds. The van der Waals surface area contributed by atoms with E-state index in [-0.39, 0.29) is 29.1 Å². The van der Waals surface area contributed by atoms with Crippen molar-refractivity contribution in [2.24, 2.45) is 5.92 Å². The average Bonchev–Trinajstić information content (AvgIpc) is 2.62. The highest BCUT2D eigenvalue weighted by Crippen LogP contribution is 2.29. The molecular formula is C19H22N4O4S. The number of nitrogens with zero attached hydrogens (tertiary/aromatic N) is 3. The number of non-ortho nitro benzene ring substituents is 1. The maximum absolute atomic E-state index is 12.7. The van der Waals surface area contributed by atoms with E-state index in [1.165, 1.54) is 34.5 Å². The van der Waals surface area contributed by atoms with E-state index in [4.69, 9.17) is 0 Å². The molecule has 0 bridgehead atoms. The number of nitro groups is 1. The normalized spacial score (nSPS) is 16.4. The Kier molecular flexibility index (Phi) is 5.29. The van der Waals surface area contributed by atoms with Crippen molar-refractivity contribution in [1.82, 2.24) is 9.55 Å². The fraction of sp³-hybridized carbons (Fsp3) is 0.421. The molecule has 3 rings (SSSR count). The number of anilines is 1. The molecule has 2 heterocycles. The Morgan fingerprint density at radius 3 is 2.71 bits per heavy atom. The first-order valence-corrected chi connectivity index (χ1v) is 9.86. The van der Waals surface area contributed by atoms with Crippen LogP contribution in [0.2, 0.25) is 0 Å². The van der Waals surface area contributed by atoms with E-state index in [9.17, 15) is 19.7 Å². The first-order chi connectivity index (χ1) is 13.1. The van der Waals surface area contributed by atoms with Crippen LogP contribution in [0.1, 0.15) is 32.0 Å². The second kappa shape index (κ2) is 7.38. The van der Waals surface area contributed by atoms with Crippen molar-refractivity contribution in [3.63, 3.8) is 0 Å². The van der Waals surface area contributed by atoms with Crippen molar-refractivity contribution in [3.8, 4) is 0 Å². The van der Waals surface area contributed by atoms with Crippen LogP contribution in [0.3, 0.4) is 0 Å². The van der Waals surface area contributed by atoms with E-state index in [1.54, 1.807) is 13.0 Å². The number of rotatable bonds is 3. The molecule has 1 unspecified atom stereocenters. The van der Waals surface area contributed by atoms with Gasteiger partial charge in [0.2, 0.25) is 5.91 Å². The van der Waals surface area contributed by atoms with Crippen LogP contribution in [-0.2, 0) is 16.8 Å². The van der Waals surface area contributed by atoms with Crippen LogP contribution in [0.5, 0.6) is 0 Å². The monoisotopic (exact) mass is 402 g/mol. The molecule has 28 heavy (non-hydrogen) atoms. The Labute approximate surface area is 166 Å². The minimum Gasteiger partial charge on any atom is -0.325 e. The van der Waals surface area contributed by atoms with Crippen molar-refractivity contribution in [2.75, 3.05) is 11.1 Å². The Morgan fingerprint density at radius 1 is 1.36 bits per heavy atom. The van der Waals surface area contributed by atoms with E-state index >= 15 is 0 Å². The van der Waals surface area contributed by atoms with Gasteiger partial charge >= 0.3 is 0 Å². The van der Waals surface area contributed by atoms with Gasteiger partial charge in [-0.3, -0.25) is 24.3 Å². The van der Waals surface area contributed by atoms with E-state index < -0.39 is 10.8 Å². The third-order valence-corrected chi connectivity index (χ3v) is 5.76. The number of thioether (sulfide) groups is 1. The van der Waals surface area contributed by atoms with Crippen LogP contribution in [-0.4, -0.2) is 26.1 Å². The number of aryl methyl sites for hydroxylation is 1. The molecule has 1 N–H and O–H groups in total. The molecule has 1 atom stereocenters. The molecule has 8 nitrogen and oxygen atoms in total. The Bertz CT molecular complexity index is 1010. The molecule has 0 fully saturated rings. The van der Waals surface area contributed by atoms with Gasteiger partial charge in [-0.15, -0.1) is 0 Å². The number of carbonyl (C=O) groups excluding carboxylic acids is 1. The van der Waals surface area contributed by atoms with E-state index in [0.29, 0.717) is 16.6 Å². The van der Waals surface area contributed by atoms with Gasteiger partial charge < -0.3 is 5.32 Å². The molecule has 1 aliphatic heterocycles. The van der Waals surface area contributed by atoms with Gasteiger partial charge in [-0.1, -0.05) is 38.6 Å². The smallest absolute Gasteiger partial charge is 0.271 e. The fourth-order valence-corrected chi connectivity index (χ4v) is 3.94. The summed E-state index contributed by atoms with van der Waals surface area (Å²) in [6.45, 7) is 8.00. The first-order valence-electron chi connectivity index (χ1n) is 8.87. The highest BCUT2D eigenvalue weighted by molar-refractivity contribution is 7.99. The zero-order valence-electron chi connectivity index (χ0n) is 16.2. The summed E-state index contributed by atoms with van der Waals surface area (Å²) >= 11 is 1.38. The van der Waals surface area contributed by atoms with Gasteiger partial charge in [0, 0.05) is 35.9 Å². The van der Waals surface area contributed by atoms with Crippen molar-refractivity contribution < 1.29 is 9.72 Å². The van der Waals surface area contributed by atoms with Crippen molar-refractivity contribution in [3.05, 3.63) is 56.0 Å². The molecule has 0 aliphatic carbocycles. The van der Waals surface area contributed by atoms with E-state index in [2.05, 4.69) is 10.3 Å². The average molecular weight is 402 g/mol.